The van der Waals surface area contributed by atoms with Crippen LogP contribution in [0.5, 0.6) is 0 Å². The van der Waals surface area contributed by atoms with Crippen LogP contribution < -0.4 is 4.90 Å². The lowest BCUT2D eigenvalue weighted by atomic mass is 9.95. The topological polar surface area (TPSA) is 24.3 Å². The zero-order valence-electron chi connectivity index (χ0n) is 19.1. The van der Waals surface area contributed by atoms with Crippen LogP contribution in [0, 0.1) is 27.7 Å². The van der Waals surface area contributed by atoms with Crippen molar-refractivity contribution in [3.05, 3.63) is 70.4 Å². The fourth-order valence-corrected chi connectivity index (χ4v) is 4.85. The second-order valence-electron chi connectivity index (χ2n) is 8.61. The number of hydrogen-bond acceptors (Lipinski definition) is 3. The third-order valence-corrected chi connectivity index (χ3v) is 6.40. The van der Waals surface area contributed by atoms with Crippen LogP contribution in [0.4, 0.5) is 5.69 Å². The normalized spacial score (nSPS) is 15.0. The zero-order chi connectivity index (χ0) is 21.3. The van der Waals surface area contributed by atoms with E-state index in [1.54, 1.807) is 0 Å². The Balaban J connectivity index is 1.55. The lowest BCUT2D eigenvalue weighted by Gasteiger charge is -2.36. The van der Waals surface area contributed by atoms with E-state index in [1.807, 2.05) is 0 Å². The molecule has 2 aromatic carbocycles. The van der Waals surface area contributed by atoms with Crippen LogP contribution in [0.2, 0.25) is 0 Å². The molecule has 2 heterocycles. The van der Waals surface area contributed by atoms with Crippen LogP contribution in [-0.2, 0) is 13.1 Å². The number of anilines is 1. The third-order valence-electron chi connectivity index (χ3n) is 6.40. The summed E-state index contributed by atoms with van der Waals surface area (Å²) in [6, 6.07) is 15.3. The molecule has 0 atom stereocenters. The van der Waals surface area contributed by atoms with Gasteiger partial charge < -0.3 is 4.90 Å². The highest BCUT2D eigenvalue weighted by Crippen LogP contribution is 2.32. The first-order chi connectivity index (χ1) is 14.5. The Morgan fingerprint density at radius 1 is 0.867 bits per heavy atom. The van der Waals surface area contributed by atoms with Gasteiger partial charge in [0.15, 0.2) is 0 Å². The Morgan fingerprint density at radius 2 is 1.50 bits per heavy atom. The molecule has 1 aliphatic rings. The molecule has 1 aromatic heterocycles. The Kier molecular flexibility index (Phi) is 5.96. The number of aryl methyl sites for hydroxylation is 4. The van der Waals surface area contributed by atoms with E-state index in [9.17, 15) is 0 Å². The molecule has 1 fully saturated rings. The number of nitrogens with zero attached hydrogens (tertiary/aromatic N) is 4. The van der Waals surface area contributed by atoms with Gasteiger partial charge in [0.2, 0.25) is 0 Å². The van der Waals surface area contributed by atoms with Crippen molar-refractivity contribution in [3.8, 4) is 11.3 Å². The third kappa shape index (κ3) is 4.01. The Hall–Kier alpha value is -2.59. The first-order valence-electron chi connectivity index (χ1n) is 11.1. The number of hydrogen-bond donors (Lipinski definition) is 0. The first-order valence-corrected chi connectivity index (χ1v) is 11.1. The van der Waals surface area contributed by atoms with Crippen molar-refractivity contribution in [1.29, 1.82) is 0 Å². The summed E-state index contributed by atoms with van der Waals surface area (Å²) in [6.07, 6.45) is 0. The number of benzene rings is 2. The summed E-state index contributed by atoms with van der Waals surface area (Å²) >= 11 is 0. The van der Waals surface area contributed by atoms with Crippen LogP contribution in [0.1, 0.15) is 34.9 Å². The fraction of sp³-hybridized carbons (Fsp3) is 0.423. The predicted molar refractivity (Wildman–Crippen MR) is 126 cm³/mol. The van der Waals surface area contributed by atoms with Gasteiger partial charge in [-0.05, 0) is 63.4 Å². The molecule has 30 heavy (non-hydrogen) atoms. The van der Waals surface area contributed by atoms with Crippen LogP contribution in [0.15, 0.2) is 42.5 Å². The fourth-order valence-electron chi connectivity index (χ4n) is 4.85. The molecule has 0 bridgehead atoms. The van der Waals surface area contributed by atoms with Gasteiger partial charge in [0.1, 0.15) is 0 Å². The van der Waals surface area contributed by atoms with Crippen molar-refractivity contribution in [2.75, 3.05) is 31.1 Å². The van der Waals surface area contributed by atoms with E-state index < -0.39 is 0 Å². The van der Waals surface area contributed by atoms with Gasteiger partial charge in [0.05, 0.1) is 11.4 Å². The molecule has 0 radical (unpaired) electrons. The molecule has 4 heteroatoms. The van der Waals surface area contributed by atoms with E-state index in [2.05, 4.69) is 91.6 Å². The molecule has 0 unspecified atom stereocenters. The predicted octanol–water partition coefficient (Wildman–Crippen LogP) is 5.13. The van der Waals surface area contributed by atoms with Crippen molar-refractivity contribution in [2.24, 2.45) is 0 Å². The average Bonchev–Trinajstić information content (AvgIpc) is 3.04. The van der Waals surface area contributed by atoms with Crippen molar-refractivity contribution in [3.63, 3.8) is 0 Å². The summed E-state index contributed by atoms with van der Waals surface area (Å²) in [5, 5.41) is 5.06. The van der Waals surface area contributed by atoms with Crippen LogP contribution >= 0.6 is 0 Å². The second-order valence-corrected chi connectivity index (χ2v) is 8.61. The molecule has 3 aromatic rings. The monoisotopic (exact) mass is 402 g/mol. The standard InChI is InChI=1S/C26H34N4/c1-6-30-24(18-28-12-14-29(15-13-28)23-10-8-7-9-11-23)22(5)26(27-30)25-20(3)16-19(2)17-21(25)4/h7-11,16-17H,6,12-15,18H2,1-5H3. The van der Waals surface area contributed by atoms with Crippen molar-refractivity contribution >= 4 is 5.69 Å². The SMILES string of the molecule is CCn1nc(-c2c(C)cc(C)cc2C)c(C)c1CN1CCN(c2ccccc2)CC1. The van der Waals surface area contributed by atoms with E-state index in [-0.39, 0.29) is 0 Å². The maximum absolute atomic E-state index is 5.06. The molecule has 0 spiro atoms. The molecular formula is C26H34N4. The number of aromatic nitrogens is 2. The highest BCUT2D eigenvalue weighted by Gasteiger charge is 2.23. The van der Waals surface area contributed by atoms with Crippen LogP contribution in [0.25, 0.3) is 11.3 Å². The minimum atomic E-state index is 0.907. The maximum Gasteiger partial charge on any atom is 0.0961 e. The smallest absolute Gasteiger partial charge is 0.0961 e. The van der Waals surface area contributed by atoms with Crippen molar-refractivity contribution in [2.45, 2.75) is 47.7 Å². The summed E-state index contributed by atoms with van der Waals surface area (Å²) < 4.78 is 2.22. The summed E-state index contributed by atoms with van der Waals surface area (Å²) in [7, 11) is 0. The van der Waals surface area contributed by atoms with Crippen molar-refractivity contribution in [1.82, 2.24) is 14.7 Å². The number of piperazine rings is 1. The molecule has 0 saturated carbocycles. The highest BCUT2D eigenvalue weighted by molar-refractivity contribution is 5.71. The lowest BCUT2D eigenvalue weighted by molar-refractivity contribution is 0.242. The molecule has 0 N–H and O–H groups in total. The molecule has 0 aliphatic carbocycles. The zero-order valence-corrected chi connectivity index (χ0v) is 19.1. The van der Waals surface area contributed by atoms with E-state index >= 15 is 0 Å². The maximum atomic E-state index is 5.06. The van der Waals surface area contributed by atoms with Crippen LogP contribution in [-0.4, -0.2) is 40.9 Å². The summed E-state index contributed by atoms with van der Waals surface area (Å²) in [5.74, 6) is 0. The Labute approximate surface area is 181 Å². The molecule has 1 saturated heterocycles. The number of rotatable bonds is 5. The molecule has 4 nitrogen and oxygen atoms in total. The van der Waals surface area contributed by atoms with E-state index in [1.165, 1.54) is 39.2 Å². The molecule has 4 rings (SSSR count). The quantitative estimate of drug-likeness (QED) is 0.592. The van der Waals surface area contributed by atoms with Gasteiger partial charge in [-0.25, -0.2) is 0 Å². The summed E-state index contributed by atoms with van der Waals surface area (Å²) in [4.78, 5) is 5.07. The van der Waals surface area contributed by atoms with Gasteiger partial charge in [-0.2, -0.15) is 5.10 Å². The van der Waals surface area contributed by atoms with E-state index in [4.69, 9.17) is 5.10 Å². The number of para-hydroxylation sites is 1. The van der Waals surface area contributed by atoms with Gasteiger partial charge in [-0.1, -0.05) is 35.9 Å². The van der Waals surface area contributed by atoms with Gasteiger partial charge in [0, 0.05) is 50.5 Å². The van der Waals surface area contributed by atoms with Gasteiger partial charge >= 0.3 is 0 Å². The molecular weight excluding hydrogens is 368 g/mol. The lowest BCUT2D eigenvalue weighted by Crippen LogP contribution is -2.46. The largest absolute Gasteiger partial charge is 0.369 e. The van der Waals surface area contributed by atoms with Gasteiger partial charge in [-0.3, -0.25) is 9.58 Å². The van der Waals surface area contributed by atoms with Crippen LogP contribution in [0.3, 0.4) is 0 Å². The average molecular weight is 403 g/mol. The summed E-state index contributed by atoms with van der Waals surface area (Å²) in [6.45, 7) is 17.2. The Morgan fingerprint density at radius 3 is 2.10 bits per heavy atom. The minimum Gasteiger partial charge on any atom is -0.369 e. The Bertz CT molecular complexity index is 988. The van der Waals surface area contributed by atoms with E-state index in [0.717, 1.165) is 45.0 Å². The second kappa shape index (κ2) is 8.65. The van der Waals surface area contributed by atoms with Crippen molar-refractivity contribution < 1.29 is 0 Å². The highest BCUT2D eigenvalue weighted by atomic mass is 15.3. The first kappa shape index (κ1) is 20.7. The molecule has 1 aliphatic heterocycles. The van der Waals surface area contributed by atoms with Gasteiger partial charge in [0.25, 0.3) is 0 Å². The molecule has 0 amide bonds. The summed E-state index contributed by atoms with van der Waals surface area (Å²) in [5.41, 5.74) is 10.4. The minimum absolute atomic E-state index is 0.907. The van der Waals surface area contributed by atoms with Gasteiger partial charge in [-0.15, -0.1) is 0 Å². The molecule has 158 valence electrons. The van der Waals surface area contributed by atoms with E-state index in [0.29, 0.717) is 0 Å².